The van der Waals surface area contributed by atoms with E-state index >= 15 is 0 Å². The highest BCUT2D eigenvalue weighted by Crippen LogP contribution is 2.35. The predicted molar refractivity (Wildman–Crippen MR) is 119 cm³/mol. The second kappa shape index (κ2) is 10.7. The van der Waals surface area contributed by atoms with Gasteiger partial charge in [-0.05, 0) is 48.1 Å². The first kappa shape index (κ1) is 22.4. The zero-order valence-electron chi connectivity index (χ0n) is 18.1. The Labute approximate surface area is 178 Å². The molecule has 161 valence electrons. The number of ether oxygens (including phenoxy) is 3. The van der Waals surface area contributed by atoms with E-state index < -0.39 is 6.67 Å². The molecule has 1 heterocycles. The van der Waals surface area contributed by atoms with E-state index in [1.807, 2.05) is 18.2 Å². The lowest BCUT2D eigenvalue weighted by Gasteiger charge is -2.25. The van der Waals surface area contributed by atoms with E-state index in [1.165, 1.54) is 11.1 Å². The van der Waals surface area contributed by atoms with Crippen LogP contribution in [0.4, 0.5) is 4.39 Å². The average molecular weight is 413 g/mol. The standard InChI is InChI=1S/C25H31FNO3/c1-25(2,3)21-6-4-5-19(17-21)23-9-7-20-18-22(8-10-24(20)27-23)30-16-15-29-14-13-28-12-11-26/h5-10,17-18H,4,11-16H2,1-3H3. The number of allylic oxidation sites excluding steroid dienone is 4. The van der Waals surface area contributed by atoms with Gasteiger partial charge in [-0.15, -0.1) is 0 Å². The maximum atomic E-state index is 11.9. The molecule has 0 bridgehead atoms. The molecule has 0 saturated carbocycles. The zero-order valence-corrected chi connectivity index (χ0v) is 18.1. The van der Waals surface area contributed by atoms with Crippen molar-refractivity contribution in [1.29, 1.82) is 0 Å². The molecule has 4 nitrogen and oxygen atoms in total. The van der Waals surface area contributed by atoms with Crippen LogP contribution in [0, 0.1) is 11.8 Å². The van der Waals surface area contributed by atoms with Gasteiger partial charge in [0.2, 0.25) is 0 Å². The molecule has 0 spiro atoms. The molecule has 1 aliphatic rings. The number of rotatable bonds is 10. The molecule has 0 aliphatic heterocycles. The van der Waals surface area contributed by atoms with Crippen molar-refractivity contribution in [3.05, 3.63) is 60.2 Å². The lowest BCUT2D eigenvalue weighted by molar-refractivity contribution is 0.0325. The third kappa shape index (κ3) is 6.38. The molecule has 5 heteroatoms. The van der Waals surface area contributed by atoms with Gasteiger partial charge in [0.1, 0.15) is 19.0 Å². The van der Waals surface area contributed by atoms with Crippen molar-refractivity contribution in [1.82, 2.24) is 4.98 Å². The van der Waals surface area contributed by atoms with Crippen molar-refractivity contribution >= 4 is 16.5 Å². The fourth-order valence-corrected chi connectivity index (χ4v) is 3.25. The molecular formula is C25H31FNO3. The molecule has 0 N–H and O–H groups in total. The van der Waals surface area contributed by atoms with Crippen molar-refractivity contribution < 1.29 is 18.6 Å². The molecule has 1 aliphatic carbocycles. The van der Waals surface area contributed by atoms with Gasteiger partial charge in [-0.25, -0.2) is 9.37 Å². The molecule has 1 radical (unpaired) electrons. The molecule has 0 atom stereocenters. The highest BCUT2D eigenvalue weighted by molar-refractivity contribution is 5.84. The van der Waals surface area contributed by atoms with Crippen LogP contribution in [0.1, 0.15) is 32.9 Å². The van der Waals surface area contributed by atoms with E-state index in [2.05, 4.69) is 51.5 Å². The highest BCUT2D eigenvalue weighted by atomic mass is 19.1. The smallest absolute Gasteiger partial charge is 0.120 e. The van der Waals surface area contributed by atoms with Crippen LogP contribution in [0.5, 0.6) is 5.75 Å². The summed E-state index contributed by atoms with van der Waals surface area (Å²) in [6.45, 7) is 8.10. The molecule has 0 amide bonds. The zero-order chi connectivity index (χ0) is 21.4. The number of nitrogens with zero attached hydrogens (tertiary/aromatic N) is 1. The highest BCUT2D eigenvalue weighted by Gasteiger charge is 2.20. The Morgan fingerprint density at radius 1 is 0.967 bits per heavy atom. The van der Waals surface area contributed by atoms with Crippen molar-refractivity contribution in [3.8, 4) is 5.75 Å². The SMILES string of the molecule is CC(C)(C)C1=CC(c2ccc3cc(OCCOCCOCCF)ccc3n2)=CC[CH]1. The summed E-state index contributed by atoms with van der Waals surface area (Å²) >= 11 is 0. The van der Waals surface area contributed by atoms with Crippen LogP contribution in [0.25, 0.3) is 16.5 Å². The third-order valence-corrected chi connectivity index (χ3v) is 4.90. The number of alkyl halides is 1. The summed E-state index contributed by atoms with van der Waals surface area (Å²) in [6.07, 6.45) is 7.70. The number of hydrogen-bond acceptors (Lipinski definition) is 4. The minimum absolute atomic E-state index is 0.121. The Bertz CT molecular complexity index is 899. The van der Waals surface area contributed by atoms with E-state index in [0.29, 0.717) is 26.4 Å². The molecule has 3 rings (SSSR count). The number of halogens is 1. The van der Waals surface area contributed by atoms with E-state index in [9.17, 15) is 4.39 Å². The summed E-state index contributed by atoms with van der Waals surface area (Å²) < 4.78 is 28.1. The van der Waals surface area contributed by atoms with Gasteiger partial charge in [-0.3, -0.25) is 0 Å². The fraction of sp³-hybridized carbons (Fsp3) is 0.440. The second-order valence-electron chi connectivity index (χ2n) is 8.26. The number of benzene rings is 1. The van der Waals surface area contributed by atoms with Crippen LogP contribution in [0.2, 0.25) is 0 Å². The predicted octanol–water partition coefficient (Wildman–Crippen LogP) is 5.58. The summed E-state index contributed by atoms with van der Waals surface area (Å²) in [7, 11) is 0. The molecule has 0 fully saturated rings. The topological polar surface area (TPSA) is 40.6 Å². The quantitative estimate of drug-likeness (QED) is 0.478. The van der Waals surface area contributed by atoms with Gasteiger partial charge >= 0.3 is 0 Å². The van der Waals surface area contributed by atoms with Gasteiger partial charge in [-0.2, -0.15) is 0 Å². The van der Waals surface area contributed by atoms with Crippen LogP contribution >= 0.6 is 0 Å². The molecule has 30 heavy (non-hydrogen) atoms. The molecule has 2 aromatic rings. The summed E-state index contributed by atoms with van der Waals surface area (Å²) in [5.74, 6) is 0.788. The normalized spacial score (nSPS) is 14.5. The van der Waals surface area contributed by atoms with Gasteiger partial charge in [0.05, 0.1) is 37.6 Å². The maximum Gasteiger partial charge on any atom is 0.120 e. The van der Waals surface area contributed by atoms with Gasteiger partial charge in [0, 0.05) is 5.39 Å². The first-order chi connectivity index (χ1) is 14.5. The molecule has 1 aromatic heterocycles. The Kier molecular flexibility index (Phi) is 8.00. The Hall–Kier alpha value is -2.24. The van der Waals surface area contributed by atoms with Gasteiger partial charge in [-0.1, -0.05) is 44.6 Å². The van der Waals surface area contributed by atoms with Crippen LogP contribution in [-0.2, 0) is 9.47 Å². The van der Waals surface area contributed by atoms with E-state index in [4.69, 9.17) is 19.2 Å². The first-order valence-corrected chi connectivity index (χ1v) is 10.5. The van der Waals surface area contributed by atoms with Gasteiger partial charge in [0.25, 0.3) is 0 Å². The summed E-state index contributed by atoms with van der Waals surface area (Å²) in [6, 6.07) is 10.1. The summed E-state index contributed by atoms with van der Waals surface area (Å²) in [4.78, 5) is 4.85. The Morgan fingerprint density at radius 2 is 1.73 bits per heavy atom. The average Bonchev–Trinajstić information content (AvgIpc) is 2.74. The minimum Gasteiger partial charge on any atom is -0.491 e. The first-order valence-electron chi connectivity index (χ1n) is 10.5. The molecule has 1 aromatic carbocycles. The maximum absolute atomic E-state index is 11.9. The van der Waals surface area contributed by atoms with Gasteiger partial charge in [0.15, 0.2) is 0 Å². The van der Waals surface area contributed by atoms with Crippen molar-refractivity contribution in [2.75, 3.05) is 39.7 Å². The van der Waals surface area contributed by atoms with E-state index in [1.54, 1.807) is 0 Å². The van der Waals surface area contributed by atoms with Crippen molar-refractivity contribution in [3.63, 3.8) is 0 Å². The monoisotopic (exact) mass is 412 g/mol. The summed E-state index contributed by atoms with van der Waals surface area (Å²) in [5, 5.41) is 1.04. The van der Waals surface area contributed by atoms with Crippen molar-refractivity contribution in [2.24, 2.45) is 5.41 Å². The Balaban J connectivity index is 1.57. The molecule has 0 saturated heterocycles. The number of aromatic nitrogens is 1. The third-order valence-electron chi connectivity index (χ3n) is 4.90. The van der Waals surface area contributed by atoms with Crippen molar-refractivity contribution in [2.45, 2.75) is 27.2 Å². The minimum atomic E-state index is -0.466. The largest absolute Gasteiger partial charge is 0.491 e. The number of pyridine rings is 1. The molecule has 0 unspecified atom stereocenters. The van der Waals surface area contributed by atoms with Gasteiger partial charge < -0.3 is 14.2 Å². The lowest BCUT2D eigenvalue weighted by Crippen LogP contribution is -2.12. The molecular weight excluding hydrogens is 381 g/mol. The van der Waals surface area contributed by atoms with Crippen LogP contribution < -0.4 is 4.74 Å². The van der Waals surface area contributed by atoms with E-state index in [-0.39, 0.29) is 12.0 Å². The van der Waals surface area contributed by atoms with Crippen LogP contribution in [-0.4, -0.2) is 44.7 Å². The second-order valence-corrected chi connectivity index (χ2v) is 8.26. The Morgan fingerprint density at radius 3 is 2.50 bits per heavy atom. The van der Waals surface area contributed by atoms with Crippen LogP contribution in [0.3, 0.4) is 0 Å². The van der Waals surface area contributed by atoms with E-state index in [0.717, 1.165) is 28.8 Å². The van der Waals surface area contributed by atoms with Crippen LogP contribution in [0.15, 0.2) is 48.1 Å². The number of hydrogen-bond donors (Lipinski definition) is 0. The number of fused-ring (bicyclic) bond motifs is 1. The summed E-state index contributed by atoms with van der Waals surface area (Å²) in [5.41, 5.74) is 4.60. The lowest BCUT2D eigenvalue weighted by atomic mass is 9.80. The fourth-order valence-electron chi connectivity index (χ4n) is 3.25.